The number of para-hydroxylation sites is 1. The van der Waals surface area contributed by atoms with Crippen LogP contribution >= 0.6 is 0 Å². The van der Waals surface area contributed by atoms with Crippen molar-refractivity contribution in [1.29, 1.82) is 0 Å². The van der Waals surface area contributed by atoms with Crippen molar-refractivity contribution >= 4 is 43.6 Å². The van der Waals surface area contributed by atoms with Gasteiger partial charge in [0.2, 0.25) is 5.95 Å². The fourth-order valence-corrected chi connectivity index (χ4v) is 6.88. The van der Waals surface area contributed by atoms with Crippen LogP contribution in [0.1, 0.15) is 11.1 Å². The smallest absolute Gasteiger partial charge is 0.235 e. The molecule has 0 unspecified atom stereocenters. The molecule has 0 atom stereocenters. The Bertz CT molecular complexity index is 2520. The highest BCUT2D eigenvalue weighted by Crippen LogP contribution is 2.40. The first kappa shape index (κ1) is 26.4. The molecule has 0 radical (unpaired) electrons. The zero-order valence-corrected chi connectivity index (χ0v) is 25.6. The first-order valence-corrected chi connectivity index (χ1v) is 15.7. The second-order valence-corrected chi connectivity index (χ2v) is 12.1. The summed E-state index contributed by atoms with van der Waals surface area (Å²) in [4.78, 5) is 10.5. The fourth-order valence-electron chi connectivity index (χ4n) is 6.88. The summed E-state index contributed by atoms with van der Waals surface area (Å²) in [6.45, 7) is 4.32. The van der Waals surface area contributed by atoms with Gasteiger partial charge < -0.3 is 4.57 Å². The molecule has 0 bridgehead atoms. The third-order valence-corrected chi connectivity index (χ3v) is 9.03. The maximum atomic E-state index is 5.25. The van der Waals surface area contributed by atoms with Crippen LogP contribution in [0.5, 0.6) is 0 Å². The normalized spacial score (nSPS) is 11.7. The van der Waals surface area contributed by atoms with Gasteiger partial charge in [0.15, 0.2) is 0 Å². The predicted octanol–water partition coefficient (Wildman–Crippen LogP) is 10.6. The Morgan fingerprint density at radius 3 is 1.35 bits per heavy atom. The lowest BCUT2D eigenvalue weighted by Gasteiger charge is -2.12. The number of hydrogen-bond acceptors (Lipinski definition) is 2. The number of aromatic nitrogens is 4. The predicted molar refractivity (Wildman–Crippen MR) is 191 cm³/mol. The molecule has 0 amide bonds. The lowest BCUT2D eigenvalue weighted by atomic mass is 10.1. The van der Waals surface area contributed by atoms with Crippen LogP contribution < -0.4 is 0 Å². The van der Waals surface area contributed by atoms with Crippen LogP contribution in [-0.2, 0) is 0 Å². The van der Waals surface area contributed by atoms with E-state index in [2.05, 4.69) is 156 Å². The van der Waals surface area contributed by atoms with Gasteiger partial charge in [0.1, 0.15) is 0 Å². The van der Waals surface area contributed by atoms with Gasteiger partial charge in [0.25, 0.3) is 0 Å². The molecule has 3 heterocycles. The molecular formula is C42H30N4. The molecule has 0 spiro atoms. The third-order valence-electron chi connectivity index (χ3n) is 9.03. The minimum absolute atomic E-state index is 0.659. The molecule has 0 aliphatic rings. The minimum atomic E-state index is 0.659. The Balaban J connectivity index is 1.42. The summed E-state index contributed by atoms with van der Waals surface area (Å²) in [5.41, 5.74) is 12.1. The summed E-state index contributed by atoms with van der Waals surface area (Å²) in [6, 6.07) is 51.7. The van der Waals surface area contributed by atoms with E-state index < -0.39 is 0 Å². The summed E-state index contributed by atoms with van der Waals surface area (Å²) in [5, 5.41) is 4.81. The van der Waals surface area contributed by atoms with Crippen LogP contribution in [-0.4, -0.2) is 19.1 Å². The van der Waals surface area contributed by atoms with Crippen LogP contribution in [0.4, 0.5) is 0 Å². The molecule has 46 heavy (non-hydrogen) atoms. The van der Waals surface area contributed by atoms with E-state index in [9.17, 15) is 0 Å². The average Bonchev–Trinajstić information content (AvgIpc) is 3.59. The fraction of sp³-hybridized carbons (Fsp3) is 0.0476. The van der Waals surface area contributed by atoms with E-state index in [4.69, 9.17) is 9.97 Å². The highest BCUT2D eigenvalue weighted by Gasteiger charge is 2.21. The Morgan fingerprint density at radius 1 is 0.391 bits per heavy atom. The molecule has 6 aromatic carbocycles. The summed E-state index contributed by atoms with van der Waals surface area (Å²) >= 11 is 0. The van der Waals surface area contributed by atoms with Gasteiger partial charge in [-0.3, -0.25) is 4.57 Å². The van der Waals surface area contributed by atoms with E-state index in [0.717, 1.165) is 39.2 Å². The van der Waals surface area contributed by atoms with Gasteiger partial charge in [-0.05, 0) is 68.4 Å². The molecule has 0 aliphatic carbocycles. The summed E-state index contributed by atoms with van der Waals surface area (Å²) in [5.74, 6) is 0.659. The number of rotatable bonds is 4. The lowest BCUT2D eigenvalue weighted by Crippen LogP contribution is -2.04. The Labute approximate surface area is 266 Å². The highest BCUT2D eigenvalue weighted by molar-refractivity contribution is 6.19. The van der Waals surface area contributed by atoms with E-state index in [1.54, 1.807) is 0 Å². The lowest BCUT2D eigenvalue weighted by molar-refractivity contribution is 0.996. The quantitative estimate of drug-likeness (QED) is 0.204. The Hall–Kier alpha value is -6.00. The van der Waals surface area contributed by atoms with Crippen molar-refractivity contribution in [1.82, 2.24) is 19.1 Å². The van der Waals surface area contributed by atoms with Gasteiger partial charge >= 0.3 is 0 Å². The van der Waals surface area contributed by atoms with Crippen molar-refractivity contribution in [2.75, 3.05) is 0 Å². The number of hydrogen-bond donors (Lipinski definition) is 0. The third kappa shape index (κ3) is 4.15. The second kappa shape index (κ2) is 10.3. The Kier molecular flexibility index (Phi) is 5.90. The SMILES string of the molecule is Cc1ccc2c(c1)c1cc3c(cc1n2-c1ccccc1)c1cc(C)ccc1n3-c1nc(-c2ccccc2)cc(-c2ccccc2)n1. The van der Waals surface area contributed by atoms with Gasteiger partial charge in [0.05, 0.1) is 33.5 Å². The average molecular weight is 591 g/mol. The topological polar surface area (TPSA) is 35.6 Å². The van der Waals surface area contributed by atoms with Crippen LogP contribution in [0, 0.1) is 13.8 Å². The van der Waals surface area contributed by atoms with E-state index in [1.807, 2.05) is 12.1 Å². The van der Waals surface area contributed by atoms with Crippen LogP contribution in [0.3, 0.4) is 0 Å². The molecule has 0 fully saturated rings. The van der Waals surface area contributed by atoms with Crippen LogP contribution in [0.15, 0.2) is 146 Å². The van der Waals surface area contributed by atoms with E-state index in [0.29, 0.717) is 5.95 Å². The molecule has 9 aromatic rings. The monoisotopic (exact) mass is 590 g/mol. The molecular weight excluding hydrogens is 560 g/mol. The van der Waals surface area contributed by atoms with Crippen molar-refractivity contribution in [2.45, 2.75) is 13.8 Å². The Morgan fingerprint density at radius 2 is 0.826 bits per heavy atom. The molecule has 0 saturated heterocycles. The molecule has 4 heteroatoms. The minimum Gasteiger partial charge on any atom is -0.309 e. The largest absolute Gasteiger partial charge is 0.309 e. The first-order chi connectivity index (χ1) is 22.6. The van der Waals surface area contributed by atoms with E-state index in [-0.39, 0.29) is 0 Å². The molecule has 0 saturated carbocycles. The highest BCUT2D eigenvalue weighted by atomic mass is 15.2. The van der Waals surface area contributed by atoms with Crippen molar-refractivity contribution in [3.05, 3.63) is 157 Å². The van der Waals surface area contributed by atoms with Crippen molar-refractivity contribution in [2.24, 2.45) is 0 Å². The zero-order chi connectivity index (χ0) is 30.8. The summed E-state index contributed by atoms with van der Waals surface area (Å²) in [6.07, 6.45) is 0. The first-order valence-electron chi connectivity index (χ1n) is 15.7. The van der Waals surface area contributed by atoms with Gasteiger partial charge in [-0.1, -0.05) is 102 Å². The van der Waals surface area contributed by atoms with Crippen LogP contribution in [0.2, 0.25) is 0 Å². The number of aryl methyl sites for hydroxylation is 2. The van der Waals surface area contributed by atoms with Gasteiger partial charge in [-0.15, -0.1) is 0 Å². The van der Waals surface area contributed by atoms with Crippen LogP contribution in [0.25, 0.3) is 77.8 Å². The summed E-state index contributed by atoms with van der Waals surface area (Å²) < 4.78 is 4.65. The van der Waals surface area contributed by atoms with Crippen molar-refractivity contribution < 1.29 is 0 Å². The van der Waals surface area contributed by atoms with E-state index >= 15 is 0 Å². The number of fused-ring (bicyclic) bond motifs is 6. The van der Waals surface area contributed by atoms with Gasteiger partial charge in [-0.25, -0.2) is 9.97 Å². The second-order valence-electron chi connectivity index (χ2n) is 12.1. The van der Waals surface area contributed by atoms with Gasteiger partial charge in [-0.2, -0.15) is 0 Å². The summed E-state index contributed by atoms with van der Waals surface area (Å²) in [7, 11) is 0. The van der Waals surface area contributed by atoms with Crippen molar-refractivity contribution in [3.8, 4) is 34.2 Å². The number of nitrogens with zero attached hydrogens (tertiary/aromatic N) is 4. The molecule has 3 aromatic heterocycles. The molecule has 0 N–H and O–H groups in total. The number of benzene rings is 6. The molecule has 9 rings (SSSR count). The standard InChI is InChI=1S/C42H30N4/c1-27-18-20-38-32(22-27)34-25-41-35(24-40(34)45(38)31-16-10-5-11-17-31)33-23-28(2)19-21-39(33)46(41)42-43-36(29-12-6-3-7-13-29)26-37(44-42)30-14-8-4-9-15-30/h3-26H,1-2H3. The van der Waals surface area contributed by atoms with Crippen molar-refractivity contribution in [3.63, 3.8) is 0 Å². The molecule has 218 valence electrons. The molecule has 0 aliphatic heterocycles. The molecule has 4 nitrogen and oxygen atoms in total. The maximum absolute atomic E-state index is 5.25. The maximum Gasteiger partial charge on any atom is 0.235 e. The zero-order valence-electron chi connectivity index (χ0n) is 25.6. The van der Waals surface area contributed by atoms with Gasteiger partial charge in [0, 0.05) is 38.4 Å². The van der Waals surface area contributed by atoms with E-state index in [1.165, 1.54) is 43.7 Å².